The van der Waals surface area contributed by atoms with Crippen LogP contribution in [-0.2, 0) is 5.88 Å². The summed E-state index contributed by atoms with van der Waals surface area (Å²) in [6, 6.07) is 7.58. The van der Waals surface area contributed by atoms with Gasteiger partial charge in [-0.15, -0.1) is 11.6 Å². The topological polar surface area (TPSA) is 35.0 Å². The van der Waals surface area contributed by atoms with E-state index in [9.17, 15) is 0 Å². The Labute approximate surface area is 126 Å². The van der Waals surface area contributed by atoms with E-state index in [0.717, 1.165) is 16.0 Å². The van der Waals surface area contributed by atoms with Gasteiger partial charge in [0, 0.05) is 10.4 Å². The molecule has 1 aromatic carbocycles. The molecule has 0 atom stereocenters. The van der Waals surface area contributed by atoms with E-state index >= 15 is 0 Å². The quantitative estimate of drug-likeness (QED) is 0.742. The van der Waals surface area contributed by atoms with Crippen molar-refractivity contribution in [1.82, 2.24) is 9.97 Å². The molecule has 2 aromatic rings. The van der Waals surface area contributed by atoms with Crippen LogP contribution in [0.25, 0.3) is 0 Å². The highest BCUT2D eigenvalue weighted by Crippen LogP contribution is 2.26. The Morgan fingerprint density at radius 3 is 2.53 bits per heavy atom. The van der Waals surface area contributed by atoms with Gasteiger partial charge in [-0.3, -0.25) is 0 Å². The van der Waals surface area contributed by atoms with E-state index in [1.54, 1.807) is 6.20 Å². The van der Waals surface area contributed by atoms with Gasteiger partial charge in [-0.2, -0.15) is 0 Å². The Kier molecular flexibility index (Phi) is 4.77. The van der Waals surface area contributed by atoms with Gasteiger partial charge in [-0.25, -0.2) is 9.97 Å². The van der Waals surface area contributed by atoms with Crippen molar-refractivity contribution in [3.8, 4) is 11.5 Å². The fourth-order valence-corrected chi connectivity index (χ4v) is 1.97. The normalized spacial score (nSPS) is 10.8. The molecule has 0 N–H and O–H groups in total. The van der Waals surface area contributed by atoms with Crippen LogP contribution in [0.4, 0.5) is 0 Å². The summed E-state index contributed by atoms with van der Waals surface area (Å²) < 4.78 is 6.76. The number of benzene rings is 1. The predicted octanol–water partition coefficient (Wildman–Crippen LogP) is 4.89. The van der Waals surface area contributed by atoms with Crippen molar-refractivity contribution >= 4 is 27.5 Å². The highest BCUT2D eigenvalue weighted by molar-refractivity contribution is 9.10. The van der Waals surface area contributed by atoms with Gasteiger partial charge in [0.15, 0.2) is 5.75 Å². The number of alkyl halides is 1. The second-order valence-electron chi connectivity index (χ2n) is 4.38. The Morgan fingerprint density at radius 1 is 1.26 bits per heavy atom. The van der Waals surface area contributed by atoms with Crippen LogP contribution in [0.2, 0.25) is 0 Å². The van der Waals surface area contributed by atoms with Crippen molar-refractivity contribution in [2.45, 2.75) is 25.6 Å². The standard InChI is InChI=1S/C14H14BrClN2O/c1-9(2)14-17-8-13(12(7-16)18-14)19-11-5-3-10(15)4-6-11/h3-6,8-9H,7H2,1-2H3. The Balaban J connectivity index is 2.27. The van der Waals surface area contributed by atoms with Crippen molar-refractivity contribution in [1.29, 1.82) is 0 Å². The molecular weight excluding hydrogens is 328 g/mol. The minimum atomic E-state index is 0.267. The molecule has 2 rings (SSSR count). The zero-order valence-electron chi connectivity index (χ0n) is 10.7. The van der Waals surface area contributed by atoms with E-state index in [4.69, 9.17) is 16.3 Å². The average molecular weight is 342 g/mol. The highest BCUT2D eigenvalue weighted by atomic mass is 79.9. The third kappa shape index (κ3) is 3.67. The smallest absolute Gasteiger partial charge is 0.168 e. The van der Waals surface area contributed by atoms with E-state index in [1.165, 1.54) is 0 Å². The van der Waals surface area contributed by atoms with Crippen molar-refractivity contribution in [2.24, 2.45) is 0 Å². The lowest BCUT2D eigenvalue weighted by Crippen LogP contribution is -2.02. The van der Waals surface area contributed by atoms with E-state index < -0.39 is 0 Å². The number of aromatic nitrogens is 2. The van der Waals surface area contributed by atoms with Crippen LogP contribution < -0.4 is 4.74 Å². The lowest BCUT2D eigenvalue weighted by atomic mass is 10.2. The molecule has 1 heterocycles. The Morgan fingerprint density at radius 2 is 1.95 bits per heavy atom. The van der Waals surface area contributed by atoms with Gasteiger partial charge in [0.1, 0.15) is 17.3 Å². The van der Waals surface area contributed by atoms with Crippen LogP contribution in [0.1, 0.15) is 31.3 Å². The second-order valence-corrected chi connectivity index (χ2v) is 5.57. The number of nitrogens with zero attached hydrogens (tertiary/aromatic N) is 2. The molecule has 0 saturated heterocycles. The first-order valence-corrected chi connectivity index (χ1v) is 7.28. The summed E-state index contributed by atoms with van der Waals surface area (Å²) in [5.74, 6) is 2.67. The van der Waals surface area contributed by atoms with Gasteiger partial charge >= 0.3 is 0 Å². The van der Waals surface area contributed by atoms with Crippen molar-refractivity contribution in [3.63, 3.8) is 0 Å². The summed E-state index contributed by atoms with van der Waals surface area (Å²) in [6.45, 7) is 4.09. The lowest BCUT2D eigenvalue weighted by Gasteiger charge is -2.11. The third-order valence-electron chi connectivity index (χ3n) is 2.53. The van der Waals surface area contributed by atoms with Crippen molar-refractivity contribution < 1.29 is 4.74 Å². The molecular formula is C14H14BrClN2O. The number of rotatable bonds is 4. The molecule has 0 unspecified atom stereocenters. The minimum Gasteiger partial charge on any atom is -0.454 e. The summed E-state index contributed by atoms with van der Waals surface area (Å²) in [6.07, 6.45) is 1.68. The molecule has 19 heavy (non-hydrogen) atoms. The van der Waals surface area contributed by atoms with E-state index in [-0.39, 0.29) is 5.92 Å². The van der Waals surface area contributed by atoms with E-state index in [2.05, 4.69) is 25.9 Å². The van der Waals surface area contributed by atoms with Gasteiger partial charge in [0.2, 0.25) is 0 Å². The zero-order chi connectivity index (χ0) is 13.8. The third-order valence-corrected chi connectivity index (χ3v) is 3.31. The molecule has 0 saturated carbocycles. The molecule has 100 valence electrons. The first kappa shape index (κ1) is 14.3. The van der Waals surface area contributed by atoms with Gasteiger partial charge in [-0.1, -0.05) is 29.8 Å². The summed E-state index contributed by atoms with van der Waals surface area (Å²) in [5.41, 5.74) is 0.711. The first-order valence-electron chi connectivity index (χ1n) is 5.95. The minimum absolute atomic E-state index is 0.267. The summed E-state index contributed by atoms with van der Waals surface area (Å²) in [4.78, 5) is 8.72. The monoisotopic (exact) mass is 340 g/mol. The molecule has 0 spiro atoms. The molecule has 0 aliphatic heterocycles. The van der Waals surface area contributed by atoms with Crippen LogP contribution in [0.15, 0.2) is 34.9 Å². The molecule has 3 nitrogen and oxygen atoms in total. The molecule has 5 heteroatoms. The molecule has 1 aromatic heterocycles. The Bertz CT molecular complexity index is 558. The van der Waals surface area contributed by atoms with E-state index in [1.807, 2.05) is 38.1 Å². The van der Waals surface area contributed by atoms with Crippen molar-refractivity contribution in [2.75, 3.05) is 0 Å². The van der Waals surface area contributed by atoms with Gasteiger partial charge in [0.25, 0.3) is 0 Å². The number of hydrogen-bond donors (Lipinski definition) is 0. The second kappa shape index (κ2) is 6.35. The number of halogens is 2. The molecule has 0 aliphatic rings. The largest absolute Gasteiger partial charge is 0.454 e. The SMILES string of the molecule is CC(C)c1ncc(Oc2ccc(Br)cc2)c(CCl)n1. The predicted molar refractivity (Wildman–Crippen MR) is 79.9 cm³/mol. The molecule has 0 aliphatic carbocycles. The van der Waals surface area contributed by atoms with Crippen LogP contribution in [0.3, 0.4) is 0 Å². The summed E-state index contributed by atoms with van der Waals surface area (Å²) in [5, 5.41) is 0. The van der Waals surface area contributed by atoms with Crippen molar-refractivity contribution in [3.05, 3.63) is 46.5 Å². The van der Waals surface area contributed by atoms with Crippen LogP contribution >= 0.6 is 27.5 Å². The fraction of sp³-hybridized carbons (Fsp3) is 0.286. The Hall–Kier alpha value is -1.13. The molecule has 0 amide bonds. The number of ether oxygens (including phenoxy) is 1. The van der Waals surface area contributed by atoms with E-state index in [0.29, 0.717) is 17.3 Å². The van der Waals surface area contributed by atoms with Gasteiger partial charge < -0.3 is 4.74 Å². The summed E-state index contributed by atoms with van der Waals surface area (Å²) in [7, 11) is 0. The maximum absolute atomic E-state index is 5.92. The highest BCUT2D eigenvalue weighted by Gasteiger charge is 2.10. The fourth-order valence-electron chi connectivity index (χ4n) is 1.51. The van der Waals surface area contributed by atoms with Crippen LogP contribution in [-0.4, -0.2) is 9.97 Å². The maximum atomic E-state index is 5.92. The average Bonchev–Trinajstić information content (AvgIpc) is 2.41. The van der Waals surface area contributed by atoms with Gasteiger partial charge in [0.05, 0.1) is 12.1 Å². The van der Waals surface area contributed by atoms with Crippen LogP contribution in [0, 0.1) is 0 Å². The molecule has 0 bridgehead atoms. The molecule has 0 fully saturated rings. The zero-order valence-corrected chi connectivity index (χ0v) is 13.1. The lowest BCUT2D eigenvalue weighted by molar-refractivity contribution is 0.470. The van der Waals surface area contributed by atoms with Crippen LogP contribution in [0.5, 0.6) is 11.5 Å². The van der Waals surface area contributed by atoms with Gasteiger partial charge in [-0.05, 0) is 24.3 Å². The first-order chi connectivity index (χ1) is 9.10. The maximum Gasteiger partial charge on any atom is 0.168 e. The molecule has 0 radical (unpaired) electrons. The summed E-state index contributed by atoms with van der Waals surface area (Å²) >= 11 is 9.31. The number of hydrogen-bond acceptors (Lipinski definition) is 3.